The first-order chi connectivity index (χ1) is 9.56. The molecule has 4 atom stereocenters. The van der Waals surface area contributed by atoms with Crippen LogP contribution in [0, 0.1) is 5.92 Å². The van der Waals surface area contributed by atoms with Crippen molar-refractivity contribution in [1.82, 2.24) is 4.90 Å². The summed E-state index contributed by atoms with van der Waals surface area (Å²) in [6, 6.07) is 9.63. The van der Waals surface area contributed by atoms with Crippen LogP contribution in [-0.4, -0.2) is 23.5 Å². The molecule has 4 unspecified atom stereocenters. The Balaban J connectivity index is 2.35. The predicted octanol–water partition coefficient (Wildman–Crippen LogP) is 4.35. The number of benzene rings is 1. The molecule has 0 bridgehead atoms. The Bertz CT molecular complexity index is 435. The Morgan fingerprint density at radius 2 is 2.05 bits per heavy atom. The molecule has 1 aliphatic heterocycles. The Morgan fingerprint density at radius 1 is 1.35 bits per heavy atom. The van der Waals surface area contributed by atoms with Crippen molar-refractivity contribution in [1.29, 1.82) is 0 Å². The first kappa shape index (κ1) is 16.0. The molecular weight excluding hydrogens is 312 g/mol. The van der Waals surface area contributed by atoms with Crippen LogP contribution in [0.25, 0.3) is 0 Å². The summed E-state index contributed by atoms with van der Waals surface area (Å²) in [6.07, 6.45) is 3.62. The number of hydrogen-bond donors (Lipinski definition) is 1. The number of halogens is 1. The molecule has 20 heavy (non-hydrogen) atoms. The molecule has 1 saturated heterocycles. The highest BCUT2D eigenvalue weighted by Gasteiger charge is 2.34. The lowest BCUT2D eigenvalue weighted by Crippen LogP contribution is -2.50. The zero-order valence-electron chi connectivity index (χ0n) is 12.8. The molecule has 0 amide bonds. The Labute approximate surface area is 131 Å². The van der Waals surface area contributed by atoms with Crippen LogP contribution in [0.4, 0.5) is 0 Å². The van der Waals surface area contributed by atoms with Crippen LogP contribution < -0.4 is 5.73 Å². The fourth-order valence-electron chi connectivity index (χ4n) is 3.35. The number of rotatable bonds is 4. The van der Waals surface area contributed by atoms with Gasteiger partial charge in [-0.2, -0.15) is 0 Å². The number of hydrogen-bond acceptors (Lipinski definition) is 2. The van der Waals surface area contributed by atoms with Crippen LogP contribution >= 0.6 is 15.9 Å². The van der Waals surface area contributed by atoms with Gasteiger partial charge in [0.2, 0.25) is 0 Å². The maximum Gasteiger partial charge on any atom is 0.0513 e. The van der Waals surface area contributed by atoms with Gasteiger partial charge in [0, 0.05) is 16.6 Å². The monoisotopic (exact) mass is 338 g/mol. The molecule has 3 heteroatoms. The van der Waals surface area contributed by atoms with Crippen LogP contribution in [0.1, 0.15) is 51.6 Å². The van der Waals surface area contributed by atoms with Crippen LogP contribution in [0.2, 0.25) is 0 Å². The zero-order chi connectivity index (χ0) is 14.7. The van der Waals surface area contributed by atoms with E-state index in [0.717, 1.165) is 18.9 Å². The van der Waals surface area contributed by atoms with Gasteiger partial charge in [0.25, 0.3) is 0 Å². The second kappa shape index (κ2) is 7.06. The molecule has 112 valence electrons. The van der Waals surface area contributed by atoms with E-state index in [1.54, 1.807) is 0 Å². The van der Waals surface area contributed by atoms with Crippen molar-refractivity contribution in [2.45, 2.75) is 58.2 Å². The summed E-state index contributed by atoms with van der Waals surface area (Å²) < 4.78 is 1.18. The van der Waals surface area contributed by atoms with Crippen LogP contribution in [0.5, 0.6) is 0 Å². The number of nitrogens with two attached hydrogens (primary N) is 1. The molecule has 0 aliphatic carbocycles. The molecule has 2 N–H and O–H groups in total. The summed E-state index contributed by atoms with van der Waals surface area (Å²) in [4.78, 5) is 2.63. The predicted molar refractivity (Wildman–Crippen MR) is 89.7 cm³/mol. The van der Waals surface area contributed by atoms with E-state index in [4.69, 9.17) is 5.73 Å². The van der Waals surface area contributed by atoms with Gasteiger partial charge in [0.15, 0.2) is 0 Å². The normalized spacial score (nSPS) is 27.2. The van der Waals surface area contributed by atoms with Crippen LogP contribution in [-0.2, 0) is 0 Å². The Morgan fingerprint density at radius 3 is 2.70 bits per heavy atom. The van der Waals surface area contributed by atoms with E-state index in [0.29, 0.717) is 12.1 Å². The lowest BCUT2D eigenvalue weighted by atomic mass is 9.87. The molecule has 1 heterocycles. The van der Waals surface area contributed by atoms with E-state index in [9.17, 15) is 0 Å². The van der Waals surface area contributed by atoms with Gasteiger partial charge in [-0.15, -0.1) is 0 Å². The van der Waals surface area contributed by atoms with Gasteiger partial charge in [-0.3, -0.25) is 4.90 Å². The van der Waals surface area contributed by atoms with Gasteiger partial charge in [0.05, 0.1) is 6.04 Å². The van der Waals surface area contributed by atoms with E-state index >= 15 is 0 Å². The second-order valence-corrected chi connectivity index (χ2v) is 6.99. The minimum absolute atomic E-state index is 0.182. The molecule has 0 aromatic heterocycles. The quantitative estimate of drug-likeness (QED) is 0.884. The average molecular weight is 339 g/mol. The van der Waals surface area contributed by atoms with Crippen molar-refractivity contribution in [3.8, 4) is 0 Å². The molecule has 0 radical (unpaired) electrons. The maximum atomic E-state index is 6.49. The number of nitrogens with zero attached hydrogens (tertiary/aromatic N) is 1. The van der Waals surface area contributed by atoms with E-state index in [1.165, 1.54) is 22.9 Å². The summed E-state index contributed by atoms with van der Waals surface area (Å²) in [6.45, 7) is 8.07. The first-order valence-electron chi connectivity index (χ1n) is 7.82. The fourth-order valence-corrected chi connectivity index (χ4v) is 3.87. The smallest absolute Gasteiger partial charge is 0.0513 e. The van der Waals surface area contributed by atoms with Gasteiger partial charge in [-0.05, 0) is 50.3 Å². The van der Waals surface area contributed by atoms with Crippen molar-refractivity contribution in [2.75, 3.05) is 6.54 Å². The molecule has 1 aliphatic rings. The van der Waals surface area contributed by atoms with Crippen molar-refractivity contribution < 1.29 is 0 Å². The minimum atomic E-state index is 0.182. The standard InChI is InChI=1S/C17H27BrN2/c1-4-16(19)17(14-9-5-6-10-15(14)18)20-11-7-8-12(2)13(20)3/h5-6,9-10,12-13,16-17H,4,7-8,11,19H2,1-3H3. The molecular formula is C17H27BrN2. The molecule has 2 rings (SSSR count). The van der Waals surface area contributed by atoms with E-state index in [2.05, 4.69) is 65.9 Å². The second-order valence-electron chi connectivity index (χ2n) is 6.14. The highest BCUT2D eigenvalue weighted by atomic mass is 79.9. The Hall–Kier alpha value is -0.380. The molecule has 0 saturated carbocycles. The largest absolute Gasteiger partial charge is 0.326 e. The molecule has 0 spiro atoms. The van der Waals surface area contributed by atoms with Gasteiger partial charge in [-0.1, -0.05) is 48.0 Å². The SMILES string of the molecule is CCC(N)C(c1ccccc1Br)N1CCCC(C)C1C. The first-order valence-corrected chi connectivity index (χ1v) is 8.61. The number of likely N-dealkylation sites (tertiary alicyclic amines) is 1. The third-order valence-electron chi connectivity index (χ3n) is 4.88. The van der Waals surface area contributed by atoms with Gasteiger partial charge < -0.3 is 5.73 Å². The topological polar surface area (TPSA) is 29.3 Å². The van der Waals surface area contributed by atoms with Crippen molar-refractivity contribution in [2.24, 2.45) is 11.7 Å². The van der Waals surface area contributed by atoms with Crippen LogP contribution in [0.15, 0.2) is 28.7 Å². The van der Waals surface area contributed by atoms with Gasteiger partial charge >= 0.3 is 0 Å². The highest BCUT2D eigenvalue weighted by Crippen LogP contribution is 2.36. The summed E-state index contributed by atoms with van der Waals surface area (Å²) in [5, 5.41) is 0. The third kappa shape index (κ3) is 3.26. The highest BCUT2D eigenvalue weighted by molar-refractivity contribution is 9.10. The number of piperidine rings is 1. The summed E-state index contributed by atoms with van der Waals surface area (Å²) >= 11 is 3.71. The van der Waals surface area contributed by atoms with E-state index < -0.39 is 0 Å². The van der Waals surface area contributed by atoms with Crippen molar-refractivity contribution >= 4 is 15.9 Å². The van der Waals surface area contributed by atoms with Crippen LogP contribution in [0.3, 0.4) is 0 Å². The maximum absolute atomic E-state index is 6.49. The summed E-state index contributed by atoms with van der Waals surface area (Å²) in [5.74, 6) is 0.748. The summed E-state index contributed by atoms with van der Waals surface area (Å²) in [7, 11) is 0. The van der Waals surface area contributed by atoms with E-state index in [1.807, 2.05) is 0 Å². The Kier molecular flexibility index (Phi) is 5.65. The zero-order valence-corrected chi connectivity index (χ0v) is 14.4. The minimum Gasteiger partial charge on any atom is -0.326 e. The fraction of sp³-hybridized carbons (Fsp3) is 0.647. The van der Waals surface area contributed by atoms with E-state index in [-0.39, 0.29) is 6.04 Å². The third-order valence-corrected chi connectivity index (χ3v) is 5.60. The van der Waals surface area contributed by atoms with Gasteiger partial charge in [-0.25, -0.2) is 0 Å². The van der Waals surface area contributed by atoms with Crippen molar-refractivity contribution in [3.63, 3.8) is 0 Å². The average Bonchev–Trinajstić information content (AvgIpc) is 2.45. The molecule has 1 aromatic carbocycles. The molecule has 1 fully saturated rings. The lowest BCUT2D eigenvalue weighted by molar-refractivity contribution is 0.0543. The van der Waals surface area contributed by atoms with Crippen molar-refractivity contribution in [3.05, 3.63) is 34.3 Å². The molecule has 2 nitrogen and oxygen atoms in total. The van der Waals surface area contributed by atoms with Gasteiger partial charge in [0.1, 0.15) is 0 Å². The molecule has 1 aromatic rings. The summed E-state index contributed by atoms with van der Waals surface area (Å²) in [5.41, 5.74) is 7.83. The lowest BCUT2D eigenvalue weighted by Gasteiger charge is -2.45.